The van der Waals surface area contributed by atoms with Crippen molar-refractivity contribution < 1.29 is 14.2 Å². The molecule has 4 rings (SSSR count). The van der Waals surface area contributed by atoms with E-state index in [0.29, 0.717) is 17.2 Å². The smallest absolute Gasteiger partial charge is 0.203 e. The first-order valence-electron chi connectivity index (χ1n) is 8.96. The molecular formula is C21H21N5O3. The maximum Gasteiger partial charge on any atom is 0.203 e. The molecule has 8 heteroatoms. The van der Waals surface area contributed by atoms with Gasteiger partial charge in [-0.1, -0.05) is 6.07 Å². The maximum absolute atomic E-state index is 5.48. The number of aromatic nitrogens is 4. The second kappa shape index (κ2) is 7.67. The fourth-order valence-electron chi connectivity index (χ4n) is 3.14. The maximum atomic E-state index is 5.48. The van der Waals surface area contributed by atoms with E-state index in [4.69, 9.17) is 19.3 Å². The summed E-state index contributed by atoms with van der Waals surface area (Å²) in [5.74, 6) is 3.21. The molecule has 148 valence electrons. The molecule has 0 unspecified atom stereocenters. The van der Waals surface area contributed by atoms with E-state index in [1.54, 1.807) is 38.2 Å². The van der Waals surface area contributed by atoms with Gasteiger partial charge in [-0.3, -0.25) is 0 Å². The van der Waals surface area contributed by atoms with Gasteiger partial charge in [0.05, 0.1) is 33.2 Å². The number of rotatable bonds is 6. The Hall–Kier alpha value is -3.81. The first-order valence-corrected chi connectivity index (χ1v) is 8.96. The number of anilines is 2. The lowest BCUT2D eigenvalue weighted by Crippen LogP contribution is -2.14. The summed E-state index contributed by atoms with van der Waals surface area (Å²) in [7, 11) is 6.68. The SMILES string of the molecule is COc1cc(-c2cnc3ccc(N(C)c4ccccn4)nn23)cc(OC)c1OC. The minimum Gasteiger partial charge on any atom is -0.493 e. The molecule has 8 nitrogen and oxygen atoms in total. The minimum absolute atomic E-state index is 0.538. The number of hydrogen-bond donors (Lipinski definition) is 0. The fraction of sp³-hybridized carbons (Fsp3) is 0.190. The highest BCUT2D eigenvalue weighted by Gasteiger charge is 2.17. The second-order valence-corrected chi connectivity index (χ2v) is 6.27. The Morgan fingerprint density at radius 3 is 2.24 bits per heavy atom. The van der Waals surface area contributed by atoms with Crippen molar-refractivity contribution in [3.8, 4) is 28.5 Å². The van der Waals surface area contributed by atoms with Crippen molar-refractivity contribution in [2.24, 2.45) is 0 Å². The van der Waals surface area contributed by atoms with Gasteiger partial charge in [0.2, 0.25) is 5.75 Å². The van der Waals surface area contributed by atoms with E-state index >= 15 is 0 Å². The van der Waals surface area contributed by atoms with Crippen molar-refractivity contribution in [1.29, 1.82) is 0 Å². The quantitative estimate of drug-likeness (QED) is 0.497. The van der Waals surface area contributed by atoms with Crippen molar-refractivity contribution in [2.75, 3.05) is 33.3 Å². The van der Waals surface area contributed by atoms with Gasteiger partial charge in [0.15, 0.2) is 23.0 Å². The summed E-state index contributed by atoms with van der Waals surface area (Å²) < 4.78 is 18.2. The van der Waals surface area contributed by atoms with Gasteiger partial charge >= 0.3 is 0 Å². The fourth-order valence-corrected chi connectivity index (χ4v) is 3.14. The van der Waals surface area contributed by atoms with Crippen LogP contribution < -0.4 is 19.1 Å². The van der Waals surface area contributed by atoms with Crippen LogP contribution in [0.1, 0.15) is 0 Å². The summed E-state index contributed by atoms with van der Waals surface area (Å²) in [6, 6.07) is 13.3. The minimum atomic E-state index is 0.538. The average molecular weight is 391 g/mol. The third kappa shape index (κ3) is 3.29. The molecule has 0 saturated carbocycles. The summed E-state index contributed by atoms with van der Waals surface area (Å²) >= 11 is 0. The number of nitrogens with zero attached hydrogens (tertiary/aromatic N) is 5. The Bertz CT molecular complexity index is 1120. The molecule has 29 heavy (non-hydrogen) atoms. The highest BCUT2D eigenvalue weighted by molar-refractivity contribution is 5.71. The van der Waals surface area contributed by atoms with Crippen LogP contribution in [-0.2, 0) is 0 Å². The zero-order chi connectivity index (χ0) is 20.4. The third-order valence-corrected chi connectivity index (χ3v) is 4.65. The number of pyridine rings is 1. The highest BCUT2D eigenvalue weighted by Crippen LogP contribution is 2.41. The Kier molecular flexibility index (Phi) is 4.90. The molecule has 0 aliphatic heterocycles. The van der Waals surface area contributed by atoms with E-state index in [9.17, 15) is 0 Å². The highest BCUT2D eigenvalue weighted by atomic mass is 16.5. The van der Waals surface area contributed by atoms with Crippen molar-refractivity contribution in [1.82, 2.24) is 19.6 Å². The van der Waals surface area contributed by atoms with Crippen LogP contribution in [-0.4, -0.2) is 48.0 Å². The molecule has 0 saturated heterocycles. The third-order valence-electron chi connectivity index (χ3n) is 4.65. The number of imidazole rings is 1. The molecule has 4 aromatic rings. The van der Waals surface area contributed by atoms with E-state index in [-0.39, 0.29) is 0 Å². The second-order valence-electron chi connectivity index (χ2n) is 6.27. The zero-order valence-electron chi connectivity index (χ0n) is 16.7. The predicted octanol–water partition coefficient (Wildman–Crippen LogP) is 3.59. The first kappa shape index (κ1) is 18.5. The van der Waals surface area contributed by atoms with Gasteiger partial charge < -0.3 is 19.1 Å². The first-order chi connectivity index (χ1) is 14.2. The van der Waals surface area contributed by atoms with Crippen molar-refractivity contribution >= 4 is 17.3 Å². The van der Waals surface area contributed by atoms with Crippen molar-refractivity contribution in [3.63, 3.8) is 0 Å². The van der Waals surface area contributed by atoms with Crippen LogP contribution in [0.5, 0.6) is 17.2 Å². The van der Waals surface area contributed by atoms with E-state index in [0.717, 1.165) is 28.5 Å². The van der Waals surface area contributed by atoms with Gasteiger partial charge in [0.25, 0.3) is 0 Å². The topological polar surface area (TPSA) is 74.0 Å². The van der Waals surface area contributed by atoms with E-state index in [1.807, 2.05) is 54.4 Å². The molecule has 0 fully saturated rings. The standard InChI is InChI=1S/C21H21N5O3/c1-25(18-7-5-6-10-22-18)20-9-8-19-23-13-15(26(19)24-20)14-11-16(27-2)21(29-4)17(12-14)28-3/h5-13H,1-4H3. The van der Waals surface area contributed by atoms with Gasteiger partial charge in [0.1, 0.15) is 5.82 Å². The van der Waals surface area contributed by atoms with Crippen LogP contribution in [0, 0.1) is 0 Å². The van der Waals surface area contributed by atoms with Gasteiger partial charge in [-0.25, -0.2) is 14.5 Å². The summed E-state index contributed by atoms with van der Waals surface area (Å²) in [6.45, 7) is 0. The van der Waals surface area contributed by atoms with Crippen LogP contribution in [0.25, 0.3) is 16.9 Å². The molecule has 3 heterocycles. The van der Waals surface area contributed by atoms with Crippen LogP contribution in [0.3, 0.4) is 0 Å². The Balaban J connectivity index is 1.83. The van der Waals surface area contributed by atoms with E-state index < -0.39 is 0 Å². The predicted molar refractivity (Wildman–Crippen MR) is 110 cm³/mol. The van der Waals surface area contributed by atoms with E-state index in [1.165, 1.54) is 0 Å². The number of ether oxygens (including phenoxy) is 3. The Morgan fingerprint density at radius 1 is 0.862 bits per heavy atom. The summed E-state index contributed by atoms with van der Waals surface area (Å²) in [4.78, 5) is 10.8. The number of fused-ring (bicyclic) bond motifs is 1. The van der Waals surface area contributed by atoms with Crippen LogP contribution in [0.15, 0.2) is 54.9 Å². The molecule has 0 radical (unpaired) electrons. The number of methoxy groups -OCH3 is 3. The van der Waals surface area contributed by atoms with Gasteiger partial charge in [-0.05, 0) is 36.4 Å². The Morgan fingerprint density at radius 2 is 1.62 bits per heavy atom. The zero-order valence-corrected chi connectivity index (χ0v) is 16.7. The summed E-state index contributed by atoms with van der Waals surface area (Å²) in [5, 5.41) is 4.77. The molecule has 0 amide bonds. The van der Waals surface area contributed by atoms with E-state index in [2.05, 4.69) is 9.97 Å². The lowest BCUT2D eigenvalue weighted by molar-refractivity contribution is 0.324. The molecule has 3 aromatic heterocycles. The number of benzene rings is 1. The Labute approximate surface area is 168 Å². The van der Waals surface area contributed by atoms with Crippen LogP contribution in [0.4, 0.5) is 11.6 Å². The normalized spacial score (nSPS) is 10.8. The molecule has 0 bridgehead atoms. The van der Waals surface area contributed by atoms with Gasteiger partial charge in [-0.2, -0.15) is 0 Å². The average Bonchev–Trinajstić information content (AvgIpc) is 3.21. The number of hydrogen-bond acceptors (Lipinski definition) is 7. The molecule has 0 atom stereocenters. The molecule has 0 spiro atoms. The van der Waals surface area contributed by atoms with Crippen molar-refractivity contribution in [3.05, 3.63) is 54.9 Å². The lowest BCUT2D eigenvalue weighted by atomic mass is 10.1. The monoisotopic (exact) mass is 391 g/mol. The molecule has 0 aliphatic rings. The molecular weight excluding hydrogens is 370 g/mol. The van der Waals surface area contributed by atoms with Gasteiger partial charge in [0, 0.05) is 18.8 Å². The van der Waals surface area contributed by atoms with Crippen molar-refractivity contribution in [2.45, 2.75) is 0 Å². The summed E-state index contributed by atoms with van der Waals surface area (Å²) in [6.07, 6.45) is 3.52. The molecule has 0 N–H and O–H groups in total. The summed E-state index contributed by atoms with van der Waals surface area (Å²) in [5.41, 5.74) is 2.37. The lowest BCUT2D eigenvalue weighted by Gasteiger charge is -2.17. The molecule has 0 aliphatic carbocycles. The van der Waals surface area contributed by atoms with Gasteiger partial charge in [-0.15, -0.1) is 5.10 Å². The largest absolute Gasteiger partial charge is 0.493 e. The van der Waals surface area contributed by atoms with Crippen LogP contribution in [0.2, 0.25) is 0 Å². The molecule has 1 aromatic carbocycles. The van der Waals surface area contributed by atoms with Crippen LogP contribution >= 0.6 is 0 Å².